The molecule has 0 bridgehead atoms. The number of hydrogen-bond acceptors (Lipinski definition) is 5. The lowest BCUT2D eigenvalue weighted by Crippen LogP contribution is -2.48. The summed E-state index contributed by atoms with van der Waals surface area (Å²) in [7, 11) is 0. The molecular formula is C37H42N4O4. The summed E-state index contributed by atoms with van der Waals surface area (Å²) < 4.78 is 6.25. The van der Waals surface area contributed by atoms with Crippen molar-refractivity contribution >= 4 is 17.7 Å². The molecule has 2 unspecified atom stereocenters. The highest BCUT2D eigenvalue weighted by molar-refractivity contribution is 6.01. The van der Waals surface area contributed by atoms with E-state index in [2.05, 4.69) is 16.4 Å². The van der Waals surface area contributed by atoms with Gasteiger partial charge in [-0.2, -0.15) is 0 Å². The molecule has 0 saturated carbocycles. The number of piperidine rings is 1. The van der Waals surface area contributed by atoms with Crippen molar-refractivity contribution in [3.63, 3.8) is 0 Å². The first-order valence-electron chi connectivity index (χ1n) is 16.3. The minimum atomic E-state index is -0.677. The third-order valence-electron chi connectivity index (χ3n) is 9.29. The number of ether oxygens (including phenoxy) is 1. The van der Waals surface area contributed by atoms with Crippen LogP contribution >= 0.6 is 0 Å². The highest BCUT2D eigenvalue weighted by atomic mass is 16.5. The van der Waals surface area contributed by atoms with E-state index in [1.54, 1.807) is 12.4 Å². The Morgan fingerprint density at radius 1 is 0.889 bits per heavy atom. The highest BCUT2D eigenvalue weighted by Gasteiger charge is 2.45. The van der Waals surface area contributed by atoms with E-state index in [-0.39, 0.29) is 24.3 Å². The Kier molecular flexibility index (Phi) is 9.88. The van der Waals surface area contributed by atoms with Gasteiger partial charge in [-0.05, 0) is 86.8 Å². The monoisotopic (exact) mass is 606 g/mol. The van der Waals surface area contributed by atoms with Gasteiger partial charge >= 0.3 is 0 Å². The third-order valence-corrected chi connectivity index (χ3v) is 9.29. The van der Waals surface area contributed by atoms with Crippen molar-refractivity contribution in [1.29, 1.82) is 0 Å². The summed E-state index contributed by atoms with van der Waals surface area (Å²) in [6.45, 7) is 2.25. The fourth-order valence-corrected chi connectivity index (χ4v) is 6.89. The summed E-state index contributed by atoms with van der Waals surface area (Å²) in [5.74, 6) is -0.456. The second-order valence-electron chi connectivity index (χ2n) is 12.2. The highest BCUT2D eigenvalue weighted by Crippen LogP contribution is 2.46. The van der Waals surface area contributed by atoms with Gasteiger partial charge in [0.25, 0.3) is 11.8 Å². The van der Waals surface area contributed by atoms with Gasteiger partial charge in [-0.1, -0.05) is 48.0 Å². The van der Waals surface area contributed by atoms with Crippen molar-refractivity contribution in [3.8, 4) is 5.75 Å². The molecule has 234 valence electrons. The molecule has 2 atom stereocenters. The van der Waals surface area contributed by atoms with Crippen LogP contribution in [0.4, 0.5) is 0 Å². The molecule has 6 rings (SSSR count). The van der Waals surface area contributed by atoms with Gasteiger partial charge in [-0.15, -0.1) is 0 Å². The lowest BCUT2D eigenvalue weighted by molar-refractivity contribution is -0.134. The molecule has 1 fully saturated rings. The van der Waals surface area contributed by atoms with Crippen molar-refractivity contribution < 1.29 is 19.1 Å². The average molecular weight is 607 g/mol. The average Bonchev–Trinajstić information content (AvgIpc) is 3.10. The Morgan fingerprint density at radius 3 is 2.42 bits per heavy atom. The number of aromatic nitrogens is 1. The van der Waals surface area contributed by atoms with Crippen LogP contribution in [0.15, 0.2) is 84.7 Å². The number of pyridine rings is 1. The molecule has 0 spiro atoms. The summed E-state index contributed by atoms with van der Waals surface area (Å²) in [6.07, 6.45) is 14.1. The molecule has 2 aliphatic heterocycles. The van der Waals surface area contributed by atoms with Crippen molar-refractivity contribution in [1.82, 2.24) is 20.1 Å². The predicted molar refractivity (Wildman–Crippen MR) is 173 cm³/mol. The van der Waals surface area contributed by atoms with Gasteiger partial charge < -0.3 is 19.9 Å². The van der Waals surface area contributed by atoms with Gasteiger partial charge in [0.15, 0.2) is 6.61 Å². The Morgan fingerprint density at radius 2 is 1.64 bits per heavy atom. The lowest BCUT2D eigenvalue weighted by Gasteiger charge is -2.42. The molecule has 1 saturated heterocycles. The number of allylic oxidation sites excluding steroid dienone is 1. The fourth-order valence-electron chi connectivity index (χ4n) is 6.89. The summed E-state index contributed by atoms with van der Waals surface area (Å²) in [5.41, 5.74) is 4.28. The molecule has 3 amide bonds. The summed E-state index contributed by atoms with van der Waals surface area (Å²) in [4.78, 5) is 49.4. The van der Waals surface area contributed by atoms with Gasteiger partial charge in [0.1, 0.15) is 5.75 Å². The lowest BCUT2D eigenvalue weighted by atomic mass is 9.78. The number of amides is 3. The second kappa shape index (κ2) is 14.5. The number of benzene rings is 2. The topological polar surface area (TPSA) is 91.8 Å². The van der Waals surface area contributed by atoms with E-state index in [9.17, 15) is 14.4 Å². The Balaban J connectivity index is 1.36. The smallest absolute Gasteiger partial charge is 0.260 e. The van der Waals surface area contributed by atoms with Crippen molar-refractivity contribution in [3.05, 3.63) is 107 Å². The fraction of sp³-hybridized carbons (Fsp3) is 0.405. The Labute approximate surface area is 265 Å². The van der Waals surface area contributed by atoms with Gasteiger partial charge in [0, 0.05) is 49.7 Å². The zero-order valence-electron chi connectivity index (χ0n) is 25.8. The number of para-hydroxylation sites is 1. The van der Waals surface area contributed by atoms with E-state index in [1.807, 2.05) is 70.5 Å². The number of likely N-dealkylation sites (tertiary alicyclic amines) is 1. The molecule has 3 heterocycles. The number of carbonyl (C=O) groups is 3. The minimum Gasteiger partial charge on any atom is -0.483 e. The molecule has 3 aromatic rings. The van der Waals surface area contributed by atoms with E-state index in [0.29, 0.717) is 30.0 Å². The minimum absolute atomic E-state index is 0.0395. The molecule has 45 heavy (non-hydrogen) atoms. The Hall–Kier alpha value is -4.46. The van der Waals surface area contributed by atoms with E-state index in [1.165, 1.54) is 12.0 Å². The van der Waals surface area contributed by atoms with E-state index in [4.69, 9.17) is 4.74 Å². The summed E-state index contributed by atoms with van der Waals surface area (Å²) >= 11 is 0. The molecule has 3 aliphatic rings. The van der Waals surface area contributed by atoms with Gasteiger partial charge in [-0.25, -0.2) is 0 Å². The van der Waals surface area contributed by atoms with Crippen LogP contribution in [0.25, 0.3) is 0 Å². The van der Waals surface area contributed by atoms with Crippen LogP contribution in [0, 0.1) is 0 Å². The van der Waals surface area contributed by atoms with Crippen LogP contribution < -0.4 is 10.1 Å². The Bertz CT molecular complexity index is 1530. The molecule has 8 heteroatoms. The van der Waals surface area contributed by atoms with Crippen LogP contribution in [-0.2, 0) is 16.1 Å². The van der Waals surface area contributed by atoms with Crippen molar-refractivity contribution in [2.24, 2.45) is 0 Å². The van der Waals surface area contributed by atoms with Crippen LogP contribution in [0.2, 0.25) is 0 Å². The normalized spacial score (nSPS) is 19.8. The van der Waals surface area contributed by atoms with Gasteiger partial charge in [-0.3, -0.25) is 19.4 Å². The molecule has 1 N–H and O–H groups in total. The van der Waals surface area contributed by atoms with E-state index >= 15 is 0 Å². The maximum absolute atomic E-state index is 14.3. The van der Waals surface area contributed by atoms with Crippen LogP contribution in [0.1, 0.15) is 90.4 Å². The molecule has 0 radical (unpaired) electrons. The molecule has 1 aromatic heterocycles. The first kappa shape index (κ1) is 30.6. The quantitative estimate of drug-likeness (QED) is 0.288. The third kappa shape index (κ3) is 7.11. The maximum Gasteiger partial charge on any atom is 0.260 e. The number of nitrogens with one attached hydrogen (secondary N) is 1. The maximum atomic E-state index is 14.3. The molecule has 8 nitrogen and oxygen atoms in total. The molecule has 1 aliphatic carbocycles. The number of hydrogen-bond donors (Lipinski definition) is 1. The number of nitrogens with zero attached hydrogens (tertiary/aromatic N) is 3. The molecule has 2 aromatic carbocycles. The van der Waals surface area contributed by atoms with E-state index < -0.39 is 12.0 Å². The number of carbonyl (C=O) groups excluding carboxylic acids is 3. The zero-order valence-corrected chi connectivity index (χ0v) is 25.8. The van der Waals surface area contributed by atoms with E-state index in [0.717, 1.165) is 69.2 Å². The summed E-state index contributed by atoms with van der Waals surface area (Å²) in [5, 5.41) is 3.15. The van der Waals surface area contributed by atoms with Crippen molar-refractivity contribution in [2.45, 2.75) is 69.9 Å². The first-order valence-corrected chi connectivity index (χ1v) is 16.3. The van der Waals surface area contributed by atoms with Crippen molar-refractivity contribution in [2.75, 3.05) is 26.2 Å². The second-order valence-corrected chi connectivity index (χ2v) is 12.2. The molecular weight excluding hydrogens is 564 g/mol. The predicted octanol–water partition coefficient (Wildman–Crippen LogP) is 5.96. The van der Waals surface area contributed by atoms with Crippen LogP contribution in [0.3, 0.4) is 0 Å². The van der Waals surface area contributed by atoms with Crippen LogP contribution in [0.5, 0.6) is 5.75 Å². The SMILES string of the molecule is O=C(NCc1ccncc1)C1c2ccccc2C(=O)N(CCC2=CCCCC2)C1c1ccccc1OCC(=O)N1CCCCC1. The zero-order chi connectivity index (χ0) is 31.0. The summed E-state index contributed by atoms with van der Waals surface area (Å²) in [6, 6.07) is 18.2. The largest absolute Gasteiger partial charge is 0.483 e. The van der Waals surface area contributed by atoms with Gasteiger partial charge in [0.2, 0.25) is 5.91 Å². The number of fused-ring (bicyclic) bond motifs is 1. The first-order chi connectivity index (χ1) is 22.1. The number of rotatable bonds is 10. The van der Waals surface area contributed by atoms with Crippen LogP contribution in [-0.4, -0.2) is 58.7 Å². The van der Waals surface area contributed by atoms with Gasteiger partial charge in [0.05, 0.1) is 12.0 Å². The standard InChI is InChI=1S/C37H42N4O4/c42-33(40-22-9-2-10-23-40)26-45-32-16-8-7-15-31(32)35-34(36(43)39-25-28-17-20-38-21-18-28)29-13-5-6-14-30(29)37(44)41(35)24-19-27-11-3-1-4-12-27/h5-8,11,13-18,20-21,34-35H,1-4,9-10,12,19,22-26H2,(H,39,43).